The summed E-state index contributed by atoms with van der Waals surface area (Å²) in [6.45, 7) is 4.90. The van der Waals surface area contributed by atoms with Crippen LogP contribution in [-0.2, 0) is 13.6 Å². The van der Waals surface area contributed by atoms with E-state index in [-0.39, 0.29) is 18.6 Å². The van der Waals surface area contributed by atoms with Crippen molar-refractivity contribution in [1.82, 2.24) is 14.4 Å². The average molecular weight is 331 g/mol. The molecule has 0 saturated carbocycles. The third-order valence-electron chi connectivity index (χ3n) is 4.91. The molecule has 0 aliphatic carbocycles. The Morgan fingerprint density at radius 3 is 2.83 bits per heavy atom. The van der Waals surface area contributed by atoms with Gasteiger partial charge in [-0.1, -0.05) is 0 Å². The van der Waals surface area contributed by atoms with Gasteiger partial charge in [-0.2, -0.15) is 0 Å². The second-order valence-corrected chi connectivity index (χ2v) is 6.39. The number of carbonyl (C=O) groups excluding carboxylic acids is 1. The molecular formula is C18H25N3O3. The predicted molar refractivity (Wildman–Crippen MR) is 90.7 cm³/mol. The summed E-state index contributed by atoms with van der Waals surface area (Å²) < 4.78 is 7.40. The Hall–Kier alpha value is -2.05. The van der Waals surface area contributed by atoms with Gasteiger partial charge < -0.3 is 19.0 Å². The van der Waals surface area contributed by atoms with Crippen molar-refractivity contribution in [3.63, 3.8) is 0 Å². The molecule has 6 nitrogen and oxygen atoms in total. The highest BCUT2D eigenvalue weighted by Crippen LogP contribution is 2.20. The van der Waals surface area contributed by atoms with Gasteiger partial charge in [-0.3, -0.25) is 9.69 Å². The van der Waals surface area contributed by atoms with Crippen LogP contribution in [-0.4, -0.2) is 57.7 Å². The zero-order valence-electron chi connectivity index (χ0n) is 14.3. The monoisotopic (exact) mass is 331 g/mol. The first-order chi connectivity index (χ1) is 11.6. The largest absolute Gasteiger partial charge is 0.468 e. The number of aryl methyl sites for hydroxylation is 1. The lowest BCUT2D eigenvalue weighted by Crippen LogP contribution is -2.54. The Labute approximate surface area is 142 Å². The first-order valence-corrected chi connectivity index (χ1v) is 8.38. The second-order valence-electron chi connectivity index (χ2n) is 6.39. The number of amides is 1. The zero-order chi connectivity index (χ0) is 17.1. The van der Waals surface area contributed by atoms with Gasteiger partial charge >= 0.3 is 0 Å². The minimum atomic E-state index is 0.0775. The van der Waals surface area contributed by atoms with Gasteiger partial charge in [-0.05, 0) is 31.5 Å². The lowest BCUT2D eigenvalue weighted by molar-refractivity contribution is 0.0372. The maximum Gasteiger partial charge on any atom is 0.255 e. The lowest BCUT2D eigenvalue weighted by atomic mass is 10.1. The van der Waals surface area contributed by atoms with E-state index in [0.717, 1.165) is 23.6 Å². The minimum Gasteiger partial charge on any atom is -0.468 e. The molecule has 1 amide bonds. The number of rotatable bonds is 5. The fourth-order valence-corrected chi connectivity index (χ4v) is 3.32. The van der Waals surface area contributed by atoms with Crippen LogP contribution in [0.15, 0.2) is 35.1 Å². The van der Waals surface area contributed by atoms with Crippen LogP contribution in [0.3, 0.4) is 0 Å². The molecule has 6 heteroatoms. The minimum absolute atomic E-state index is 0.0775. The van der Waals surface area contributed by atoms with Crippen molar-refractivity contribution in [3.8, 4) is 0 Å². The number of hydrogen-bond acceptors (Lipinski definition) is 4. The van der Waals surface area contributed by atoms with Crippen molar-refractivity contribution in [2.24, 2.45) is 7.05 Å². The number of aliphatic hydroxyl groups excluding tert-OH is 1. The van der Waals surface area contributed by atoms with Gasteiger partial charge in [-0.25, -0.2) is 0 Å². The van der Waals surface area contributed by atoms with Crippen LogP contribution in [0.4, 0.5) is 0 Å². The highest BCUT2D eigenvalue weighted by Gasteiger charge is 2.30. The second kappa shape index (κ2) is 7.23. The Morgan fingerprint density at radius 1 is 1.38 bits per heavy atom. The van der Waals surface area contributed by atoms with Crippen LogP contribution in [0.2, 0.25) is 0 Å². The van der Waals surface area contributed by atoms with Gasteiger partial charge in [0.15, 0.2) is 0 Å². The Balaban J connectivity index is 1.70. The fraction of sp³-hybridized carbons (Fsp3) is 0.500. The summed E-state index contributed by atoms with van der Waals surface area (Å²) in [7, 11) is 1.95. The van der Waals surface area contributed by atoms with Gasteiger partial charge in [0, 0.05) is 51.2 Å². The van der Waals surface area contributed by atoms with E-state index in [1.54, 1.807) is 6.26 Å². The average Bonchev–Trinajstić information content (AvgIpc) is 3.20. The molecule has 1 fully saturated rings. The number of nitrogens with zero attached hydrogens (tertiary/aromatic N) is 3. The molecule has 0 spiro atoms. The summed E-state index contributed by atoms with van der Waals surface area (Å²) in [5, 5.41) is 9.39. The molecule has 2 aromatic heterocycles. The van der Waals surface area contributed by atoms with E-state index in [2.05, 4.69) is 4.90 Å². The predicted octanol–water partition coefficient (Wildman–Crippen LogP) is 1.64. The Kier molecular flexibility index (Phi) is 5.06. The zero-order valence-corrected chi connectivity index (χ0v) is 14.3. The number of carbonyl (C=O) groups is 1. The van der Waals surface area contributed by atoms with Crippen LogP contribution >= 0.6 is 0 Å². The number of aliphatic hydroxyl groups is 1. The molecule has 2 aromatic rings. The van der Waals surface area contributed by atoms with Gasteiger partial charge in [0.1, 0.15) is 5.76 Å². The third-order valence-corrected chi connectivity index (χ3v) is 4.91. The van der Waals surface area contributed by atoms with Crippen molar-refractivity contribution < 1.29 is 14.3 Å². The van der Waals surface area contributed by atoms with Crippen molar-refractivity contribution in [3.05, 3.63) is 47.7 Å². The highest BCUT2D eigenvalue weighted by molar-refractivity contribution is 5.95. The Bertz CT molecular complexity index is 678. The smallest absolute Gasteiger partial charge is 0.255 e. The molecule has 0 radical (unpaired) electrons. The number of piperazine rings is 1. The first-order valence-electron chi connectivity index (χ1n) is 8.38. The van der Waals surface area contributed by atoms with Crippen LogP contribution in [0.25, 0.3) is 0 Å². The van der Waals surface area contributed by atoms with Crippen molar-refractivity contribution >= 4 is 5.91 Å². The van der Waals surface area contributed by atoms with E-state index in [1.165, 1.54) is 0 Å². The van der Waals surface area contributed by atoms with Crippen molar-refractivity contribution in [2.45, 2.75) is 25.9 Å². The van der Waals surface area contributed by atoms with Crippen LogP contribution < -0.4 is 0 Å². The maximum absolute atomic E-state index is 12.8. The summed E-state index contributed by atoms with van der Waals surface area (Å²) in [6.07, 6.45) is 4.24. The molecule has 0 aromatic carbocycles. The molecule has 3 heterocycles. The molecule has 1 saturated heterocycles. The van der Waals surface area contributed by atoms with Gasteiger partial charge in [0.05, 0.1) is 18.4 Å². The van der Waals surface area contributed by atoms with E-state index in [1.807, 2.05) is 47.8 Å². The summed E-state index contributed by atoms with van der Waals surface area (Å²) in [5.74, 6) is 0.991. The van der Waals surface area contributed by atoms with Crippen LogP contribution in [0.1, 0.15) is 28.2 Å². The molecule has 0 unspecified atom stereocenters. The lowest BCUT2D eigenvalue weighted by Gasteiger charge is -2.41. The number of hydrogen-bond donors (Lipinski definition) is 1. The summed E-state index contributed by atoms with van der Waals surface area (Å²) in [4.78, 5) is 17.0. The van der Waals surface area contributed by atoms with E-state index in [9.17, 15) is 9.90 Å². The van der Waals surface area contributed by atoms with Gasteiger partial charge in [0.25, 0.3) is 5.91 Å². The molecule has 1 aliphatic rings. The van der Waals surface area contributed by atoms with Crippen molar-refractivity contribution in [1.29, 1.82) is 0 Å². The van der Waals surface area contributed by atoms with Crippen molar-refractivity contribution in [2.75, 3.05) is 26.2 Å². The standard InChI is InChI=1S/C18H25N3O3/c1-14-17(5-7-19(14)2)18(23)21-9-8-20(15(12-21)6-10-22)13-16-4-3-11-24-16/h3-5,7,11,15,22H,6,8-10,12-13H2,1-2H3/t15-/m0/s1. The summed E-state index contributed by atoms with van der Waals surface area (Å²) >= 11 is 0. The quantitative estimate of drug-likeness (QED) is 0.905. The van der Waals surface area contributed by atoms with E-state index >= 15 is 0 Å². The Morgan fingerprint density at radius 2 is 2.21 bits per heavy atom. The number of aromatic nitrogens is 1. The SMILES string of the molecule is Cc1c(C(=O)N2CCN(Cc3ccco3)[C@@H](CCO)C2)ccn1C. The molecule has 1 aliphatic heterocycles. The first kappa shape index (κ1) is 16.8. The van der Waals surface area contributed by atoms with E-state index in [0.29, 0.717) is 26.1 Å². The molecule has 1 N–H and O–H groups in total. The van der Waals surface area contributed by atoms with Gasteiger partial charge in [-0.15, -0.1) is 0 Å². The molecule has 24 heavy (non-hydrogen) atoms. The maximum atomic E-state index is 12.8. The van der Waals surface area contributed by atoms with Crippen LogP contribution in [0.5, 0.6) is 0 Å². The highest BCUT2D eigenvalue weighted by atomic mass is 16.3. The van der Waals surface area contributed by atoms with Crippen LogP contribution in [0, 0.1) is 6.92 Å². The molecular weight excluding hydrogens is 306 g/mol. The fourth-order valence-electron chi connectivity index (χ4n) is 3.32. The number of furan rings is 1. The molecule has 3 rings (SSSR count). The van der Waals surface area contributed by atoms with E-state index in [4.69, 9.17) is 4.42 Å². The van der Waals surface area contributed by atoms with Gasteiger partial charge in [0.2, 0.25) is 0 Å². The summed E-state index contributed by atoms with van der Waals surface area (Å²) in [6, 6.07) is 5.87. The normalized spacial score (nSPS) is 19.0. The topological polar surface area (TPSA) is 61.9 Å². The molecule has 0 bridgehead atoms. The molecule has 130 valence electrons. The third kappa shape index (κ3) is 3.39. The molecule has 1 atom stereocenters. The summed E-state index contributed by atoms with van der Waals surface area (Å²) in [5.41, 5.74) is 1.75. The van der Waals surface area contributed by atoms with E-state index < -0.39 is 0 Å².